The Kier molecular flexibility index (Phi) is 6.12. The molecule has 0 fully saturated rings. The van der Waals surface area contributed by atoms with Gasteiger partial charge in [-0.3, -0.25) is 20.0 Å². The number of anilines is 2. The Morgan fingerprint density at radius 2 is 2.11 bits per heavy atom. The highest BCUT2D eigenvalue weighted by Gasteiger charge is 2.26. The number of nitrogens with two attached hydrogens (primary N) is 1. The molecule has 144 valence electrons. The number of hydrogen-bond acceptors (Lipinski definition) is 7. The molecule has 0 aliphatic carbocycles. The molecule has 0 atom stereocenters. The second-order valence-electron chi connectivity index (χ2n) is 5.70. The van der Waals surface area contributed by atoms with Crippen LogP contribution in [-0.4, -0.2) is 39.9 Å². The van der Waals surface area contributed by atoms with Gasteiger partial charge in [0.25, 0.3) is 5.91 Å². The molecule has 0 saturated heterocycles. The number of pyridine rings is 2. The summed E-state index contributed by atoms with van der Waals surface area (Å²) in [6.07, 6.45) is 5.58. The first-order chi connectivity index (χ1) is 13.6. The number of aromatic nitrogens is 3. The summed E-state index contributed by atoms with van der Waals surface area (Å²) >= 11 is 0.954. The number of hydrogen-bond donors (Lipinski definition) is 2. The van der Waals surface area contributed by atoms with E-state index >= 15 is 0 Å². The van der Waals surface area contributed by atoms with Gasteiger partial charge >= 0.3 is 6.03 Å². The first-order valence-corrected chi connectivity index (χ1v) is 9.10. The lowest BCUT2D eigenvalue weighted by molar-refractivity contribution is 0.0997. The van der Waals surface area contributed by atoms with Crippen LogP contribution in [0.1, 0.15) is 15.9 Å². The van der Waals surface area contributed by atoms with Crippen LogP contribution in [0.2, 0.25) is 0 Å². The molecule has 3 aromatic rings. The van der Waals surface area contributed by atoms with Crippen LogP contribution < -0.4 is 20.7 Å². The fourth-order valence-electron chi connectivity index (χ4n) is 2.34. The molecule has 0 spiro atoms. The van der Waals surface area contributed by atoms with E-state index in [0.29, 0.717) is 18.8 Å². The molecular weight excluding hydrogens is 380 g/mol. The van der Waals surface area contributed by atoms with Crippen molar-refractivity contribution >= 4 is 34.3 Å². The zero-order chi connectivity index (χ0) is 19.9. The number of ether oxygens (including phenoxy) is 1. The van der Waals surface area contributed by atoms with E-state index < -0.39 is 11.9 Å². The predicted molar refractivity (Wildman–Crippen MR) is 106 cm³/mol. The Morgan fingerprint density at radius 3 is 2.79 bits per heavy atom. The Morgan fingerprint density at radius 1 is 1.25 bits per heavy atom. The van der Waals surface area contributed by atoms with Gasteiger partial charge in [-0.1, -0.05) is 12.1 Å². The van der Waals surface area contributed by atoms with Crippen LogP contribution in [0.3, 0.4) is 0 Å². The van der Waals surface area contributed by atoms with E-state index in [4.69, 9.17) is 10.5 Å². The standard InChI is InChI=1S/C18H18N6O3S/c1-24(18(26)22-13-6-2-3-9-21-13)17-14(15(19)25)16(23-28-17)27-10-7-12-5-4-8-20-11-12/h2-6,8-9,11H,7,10H2,1H3,(H2,19,25)(H,21,22,26). The summed E-state index contributed by atoms with van der Waals surface area (Å²) in [5, 5.41) is 2.92. The molecule has 3 rings (SSSR count). The van der Waals surface area contributed by atoms with Crippen molar-refractivity contribution in [3.63, 3.8) is 0 Å². The topological polar surface area (TPSA) is 123 Å². The third-order valence-electron chi connectivity index (χ3n) is 3.75. The van der Waals surface area contributed by atoms with Gasteiger partial charge in [-0.2, -0.15) is 4.37 Å². The van der Waals surface area contributed by atoms with Crippen molar-refractivity contribution in [3.8, 4) is 5.88 Å². The summed E-state index contributed by atoms with van der Waals surface area (Å²) in [4.78, 5) is 33.7. The van der Waals surface area contributed by atoms with Crippen molar-refractivity contribution in [1.29, 1.82) is 0 Å². The number of nitrogens with one attached hydrogen (secondary N) is 1. The molecule has 9 nitrogen and oxygen atoms in total. The van der Waals surface area contributed by atoms with Crippen molar-refractivity contribution in [1.82, 2.24) is 14.3 Å². The highest BCUT2D eigenvalue weighted by Crippen LogP contribution is 2.33. The van der Waals surface area contributed by atoms with Gasteiger partial charge < -0.3 is 10.5 Å². The number of rotatable bonds is 7. The van der Waals surface area contributed by atoms with E-state index in [1.54, 1.807) is 36.8 Å². The summed E-state index contributed by atoms with van der Waals surface area (Å²) in [6.45, 7) is 0.291. The van der Waals surface area contributed by atoms with Gasteiger partial charge in [0.2, 0.25) is 5.88 Å². The molecule has 0 aliphatic rings. The molecule has 28 heavy (non-hydrogen) atoms. The van der Waals surface area contributed by atoms with Crippen molar-refractivity contribution in [2.75, 3.05) is 23.9 Å². The van der Waals surface area contributed by atoms with Gasteiger partial charge in [0.15, 0.2) is 0 Å². The van der Waals surface area contributed by atoms with Crippen LogP contribution in [0.5, 0.6) is 5.88 Å². The summed E-state index contributed by atoms with van der Waals surface area (Å²) in [5.41, 5.74) is 6.56. The Bertz CT molecular complexity index is 948. The minimum Gasteiger partial charge on any atom is -0.476 e. The van der Waals surface area contributed by atoms with E-state index in [2.05, 4.69) is 19.7 Å². The molecule has 0 bridgehead atoms. The maximum absolute atomic E-state index is 12.4. The maximum Gasteiger partial charge on any atom is 0.327 e. The molecule has 0 unspecified atom stereocenters. The molecule has 3 aromatic heterocycles. The number of urea groups is 1. The predicted octanol–water partition coefficient (Wildman–Crippen LogP) is 2.32. The lowest BCUT2D eigenvalue weighted by Crippen LogP contribution is -2.32. The third kappa shape index (κ3) is 4.60. The summed E-state index contributed by atoms with van der Waals surface area (Å²) in [6, 6.07) is 8.42. The quantitative estimate of drug-likeness (QED) is 0.629. The number of carbonyl (C=O) groups is 2. The van der Waals surface area contributed by atoms with Gasteiger partial charge in [0.1, 0.15) is 16.4 Å². The average Bonchev–Trinajstić information content (AvgIpc) is 3.13. The van der Waals surface area contributed by atoms with Crippen LogP contribution >= 0.6 is 11.5 Å². The first kappa shape index (κ1) is 19.2. The summed E-state index contributed by atoms with van der Waals surface area (Å²) in [7, 11) is 1.51. The number of carbonyl (C=O) groups excluding carboxylic acids is 2. The van der Waals surface area contributed by atoms with Crippen molar-refractivity contribution in [2.24, 2.45) is 5.73 Å². The minimum absolute atomic E-state index is 0.0647. The highest BCUT2D eigenvalue weighted by molar-refractivity contribution is 7.11. The second kappa shape index (κ2) is 8.91. The van der Waals surface area contributed by atoms with Crippen molar-refractivity contribution < 1.29 is 14.3 Å². The third-order valence-corrected chi connectivity index (χ3v) is 4.66. The summed E-state index contributed by atoms with van der Waals surface area (Å²) < 4.78 is 9.78. The van der Waals surface area contributed by atoms with Crippen LogP contribution in [0.4, 0.5) is 15.6 Å². The van der Waals surface area contributed by atoms with E-state index in [9.17, 15) is 9.59 Å². The minimum atomic E-state index is -0.724. The maximum atomic E-state index is 12.4. The van der Waals surface area contributed by atoms with Crippen LogP contribution in [-0.2, 0) is 6.42 Å². The molecular formula is C18H18N6O3S. The molecule has 0 radical (unpaired) electrons. The van der Waals surface area contributed by atoms with Crippen molar-refractivity contribution in [3.05, 3.63) is 60.0 Å². The van der Waals surface area contributed by atoms with Gasteiger partial charge in [-0.15, -0.1) is 0 Å². The van der Waals surface area contributed by atoms with Crippen molar-refractivity contribution in [2.45, 2.75) is 6.42 Å². The first-order valence-electron chi connectivity index (χ1n) is 8.33. The number of nitrogens with zero attached hydrogens (tertiary/aromatic N) is 4. The number of primary amides is 1. The molecule has 10 heteroatoms. The van der Waals surface area contributed by atoms with Gasteiger partial charge in [0, 0.05) is 32.1 Å². The fraction of sp³-hybridized carbons (Fsp3) is 0.167. The lowest BCUT2D eigenvalue weighted by atomic mass is 10.2. The van der Waals surface area contributed by atoms with E-state index in [1.165, 1.54) is 11.9 Å². The zero-order valence-electron chi connectivity index (χ0n) is 15.0. The average molecular weight is 398 g/mol. The SMILES string of the molecule is CN(C(=O)Nc1ccccn1)c1snc(OCCc2cccnc2)c1C(N)=O. The Balaban J connectivity index is 1.70. The van der Waals surface area contributed by atoms with Gasteiger partial charge in [-0.25, -0.2) is 9.78 Å². The normalized spacial score (nSPS) is 10.3. The fourth-order valence-corrected chi connectivity index (χ4v) is 3.14. The molecule has 0 aliphatic heterocycles. The number of amides is 3. The Hall–Kier alpha value is -3.53. The molecule has 0 saturated carbocycles. The van der Waals surface area contributed by atoms with Crippen LogP contribution in [0.25, 0.3) is 0 Å². The molecule has 3 amide bonds. The zero-order valence-corrected chi connectivity index (χ0v) is 15.8. The highest BCUT2D eigenvalue weighted by atomic mass is 32.1. The lowest BCUT2D eigenvalue weighted by Gasteiger charge is -2.16. The largest absolute Gasteiger partial charge is 0.476 e. The van der Waals surface area contributed by atoms with E-state index in [0.717, 1.165) is 17.1 Å². The monoisotopic (exact) mass is 398 g/mol. The van der Waals surface area contributed by atoms with E-state index in [-0.39, 0.29) is 16.4 Å². The van der Waals surface area contributed by atoms with Gasteiger partial charge in [-0.05, 0) is 35.3 Å². The smallest absolute Gasteiger partial charge is 0.327 e. The van der Waals surface area contributed by atoms with Crippen LogP contribution in [0, 0.1) is 0 Å². The Labute approximate surface area is 165 Å². The summed E-state index contributed by atoms with van der Waals surface area (Å²) in [5.74, 6) is -0.232. The second-order valence-corrected chi connectivity index (χ2v) is 6.45. The molecule has 3 heterocycles. The van der Waals surface area contributed by atoms with Gasteiger partial charge in [0.05, 0.1) is 6.61 Å². The van der Waals surface area contributed by atoms with E-state index in [1.807, 2.05) is 12.1 Å². The molecule has 3 N–H and O–H groups in total. The van der Waals surface area contributed by atoms with Crippen LogP contribution in [0.15, 0.2) is 48.9 Å². The molecule has 0 aromatic carbocycles.